The zero-order valence-electron chi connectivity index (χ0n) is 10.1. The van der Waals surface area contributed by atoms with Crippen LogP contribution in [-0.4, -0.2) is 12.1 Å². The van der Waals surface area contributed by atoms with Crippen LogP contribution in [0.2, 0.25) is 5.02 Å². The first-order valence-electron chi connectivity index (χ1n) is 6.30. The van der Waals surface area contributed by atoms with Crippen molar-refractivity contribution in [2.45, 2.75) is 44.2 Å². The first-order chi connectivity index (χ1) is 8.20. The van der Waals surface area contributed by atoms with E-state index in [1.165, 1.54) is 19.3 Å². The second kappa shape index (κ2) is 5.85. The van der Waals surface area contributed by atoms with Gasteiger partial charge in [0.15, 0.2) is 0 Å². The maximum atomic E-state index is 6.30. The molecule has 1 aromatic rings. The molecule has 1 aliphatic rings. The minimum Gasteiger partial charge on any atom is -0.375 e. The molecule has 2 N–H and O–H groups in total. The van der Waals surface area contributed by atoms with Crippen LogP contribution < -0.4 is 5.73 Å². The van der Waals surface area contributed by atoms with E-state index in [4.69, 9.17) is 22.1 Å². The molecule has 0 aromatic heterocycles. The quantitative estimate of drug-likeness (QED) is 0.891. The topological polar surface area (TPSA) is 35.2 Å². The Morgan fingerprint density at radius 2 is 1.88 bits per heavy atom. The van der Waals surface area contributed by atoms with Crippen molar-refractivity contribution in [1.82, 2.24) is 0 Å². The molecule has 0 unspecified atom stereocenters. The van der Waals surface area contributed by atoms with Crippen LogP contribution in [0.1, 0.15) is 37.7 Å². The maximum absolute atomic E-state index is 6.30. The molecule has 1 aliphatic carbocycles. The largest absolute Gasteiger partial charge is 0.375 e. The first-order valence-corrected chi connectivity index (χ1v) is 6.67. The van der Waals surface area contributed by atoms with Gasteiger partial charge in [0.2, 0.25) is 0 Å². The van der Waals surface area contributed by atoms with Crippen molar-refractivity contribution in [3.8, 4) is 0 Å². The average molecular weight is 254 g/mol. The van der Waals surface area contributed by atoms with E-state index in [0.717, 1.165) is 23.4 Å². The molecule has 0 bridgehead atoms. The zero-order valence-corrected chi connectivity index (χ0v) is 10.9. The van der Waals surface area contributed by atoms with E-state index in [0.29, 0.717) is 13.2 Å². The number of benzene rings is 1. The Kier molecular flexibility index (Phi) is 4.43. The summed E-state index contributed by atoms with van der Waals surface area (Å²) in [6.07, 6.45) is 5.92. The average Bonchev–Trinajstić information content (AvgIpc) is 2.32. The van der Waals surface area contributed by atoms with Crippen molar-refractivity contribution in [3.05, 3.63) is 34.9 Å². The number of hydrogen-bond acceptors (Lipinski definition) is 2. The second-order valence-electron chi connectivity index (χ2n) is 5.01. The fourth-order valence-corrected chi connectivity index (χ4v) is 2.57. The summed E-state index contributed by atoms with van der Waals surface area (Å²) >= 11 is 6.07. The van der Waals surface area contributed by atoms with Crippen LogP contribution >= 0.6 is 11.6 Å². The molecule has 94 valence electrons. The van der Waals surface area contributed by atoms with Gasteiger partial charge in [-0.15, -0.1) is 0 Å². The van der Waals surface area contributed by atoms with Gasteiger partial charge in [-0.2, -0.15) is 0 Å². The van der Waals surface area contributed by atoms with Gasteiger partial charge in [0.1, 0.15) is 0 Å². The van der Waals surface area contributed by atoms with Gasteiger partial charge in [-0.1, -0.05) is 49.1 Å². The fourth-order valence-electron chi connectivity index (χ4n) is 2.38. The first kappa shape index (κ1) is 12.9. The molecule has 0 amide bonds. The summed E-state index contributed by atoms with van der Waals surface area (Å²) in [7, 11) is 0. The molecule has 0 aliphatic heterocycles. The van der Waals surface area contributed by atoms with Gasteiger partial charge >= 0.3 is 0 Å². The lowest BCUT2D eigenvalue weighted by Crippen LogP contribution is -2.46. The highest BCUT2D eigenvalue weighted by Gasteiger charge is 2.27. The normalized spacial score (nSPS) is 19.2. The molecule has 17 heavy (non-hydrogen) atoms. The van der Waals surface area contributed by atoms with Crippen LogP contribution in [0.15, 0.2) is 24.3 Å². The third-order valence-electron chi connectivity index (χ3n) is 3.45. The molecule has 1 saturated carbocycles. The van der Waals surface area contributed by atoms with Crippen molar-refractivity contribution < 1.29 is 4.74 Å². The van der Waals surface area contributed by atoms with Gasteiger partial charge in [0.05, 0.1) is 13.2 Å². The predicted molar refractivity (Wildman–Crippen MR) is 71.1 cm³/mol. The number of rotatable bonds is 4. The van der Waals surface area contributed by atoms with E-state index >= 15 is 0 Å². The number of nitrogens with two attached hydrogens (primary N) is 1. The summed E-state index contributed by atoms with van der Waals surface area (Å²) < 4.78 is 5.73. The summed E-state index contributed by atoms with van der Waals surface area (Å²) in [6, 6.07) is 7.78. The van der Waals surface area contributed by atoms with Crippen LogP contribution in [-0.2, 0) is 11.3 Å². The number of ether oxygens (including phenoxy) is 1. The highest BCUT2D eigenvalue weighted by atomic mass is 35.5. The molecule has 1 aromatic carbocycles. The third kappa shape index (κ3) is 3.70. The van der Waals surface area contributed by atoms with E-state index in [-0.39, 0.29) is 5.54 Å². The monoisotopic (exact) mass is 253 g/mol. The van der Waals surface area contributed by atoms with E-state index in [1.807, 2.05) is 24.3 Å². The molecular weight excluding hydrogens is 234 g/mol. The van der Waals surface area contributed by atoms with Gasteiger partial charge in [0.25, 0.3) is 0 Å². The van der Waals surface area contributed by atoms with Crippen LogP contribution in [0.25, 0.3) is 0 Å². The van der Waals surface area contributed by atoms with Gasteiger partial charge in [-0.05, 0) is 24.5 Å². The van der Waals surface area contributed by atoms with Crippen LogP contribution in [0, 0.1) is 0 Å². The van der Waals surface area contributed by atoms with Crippen LogP contribution in [0.4, 0.5) is 0 Å². The Labute approximate surface area is 108 Å². The Balaban J connectivity index is 1.81. The molecular formula is C14H20ClNO. The Morgan fingerprint density at radius 3 is 2.59 bits per heavy atom. The minimum absolute atomic E-state index is 0.112. The summed E-state index contributed by atoms with van der Waals surface area (Å²) in [6.45, 7) is 1.19. The molecule has 0 saturated heterocycles. The lowest BCUT2D eigenvalue weighted by atomic mass is 9.83. The van der Waals surface area contributed by atoms with E-state index in [2.05, 4.69) is 0 Å². The van der Waals surface area contributed by atoms with Crippen molar-refractivity contribution in [3.63, 3.8) is 0 Å². The van der Waals surface area contributed by atoms with Gasteiger partial charge in [-0.3, -0.25) is 0 Å². The Bertz CT molecular complexity index is 361. The summed E-state index contributed by atoms with van der Waals surface area (Å²) in [5.74, 6) is 0. The number of halogens is 1. The van der Waals surface area contributed by atoms with Crippen molar-refractivity contribution >= 4 is 11.6 Å². The zero-order chi connectivity index (χ0) is 12.1. The Hall–Kier alpha value is -0.570. The highest BCUT2D eigenvalue weighted by Crippen LogP contribution is 2.26. The molecule has 0 radical (unpaired) electrons. The molecule has 2 rings (SSSR count). The van der Waals surface area contributed by atoms with Gasteiger partial charge in [0, 0.05) is 10.6 Å². The Morgan fingerprint density at radius 1 is 1.18 bits per heavy atom. The third-order valence-corrected chi connectivity index (χ3v) is 3.82. The molecule has 0 spiro atoms. The van der Waals surface area contributed by atoms with Gasteiger partial charge in [-0.25, -0.2) is 0 Å². The van der Waals surface area contributed by atoms with E-state index in [9.17, 15) is 0 Å². The van der Waals surface area contributed by atoms with Crippen molar-refractivity contribution in [2.75, 3.05) is 6.61 Å². The predicted octanol–water partition coefficient (Wildman–Crippen LogP) is 3.52. The van der Waals surface area contributed by atoms with Crippen LogP contribution in [0.5, 0.6) is 0 Å². The lowest BCUT2D eigenvalue weighted by Gasteiger charge is -2.33. The fraction of sp³-hybridized carbons (Fsp3) is 0.571. The summed E-state index contributed by atoms with van der Waals surface area (Å²) in [4.78, 5) is 0. The van der Waals surface area contributed by atoms with Crippen LogP contribution in [0.3, 0.4) is 0 Å². The molecule has 3 heteroatoms. The second-order valence-corrected chi connectivity index (χ2v) is 5.41. The molecule has 0 heterocycles. The molecule has 0 atom stereocenters. The maximum Gasteiger partial charge on any atom is 0.0732 e. The highest BCUT2D eigenvalue weighted by molar-refractivity contribution is 6.31. The van der Waals surface area contributed by atoms with E-state index in [1.54, 1.807) is 0 Å². The van der Waals surface area contributed by atoms with Gasteiger partial charge < -0.3 is 10.5 Å². The minimum atomic E-state index is -0.112. The summed E-state index contributed by atoms with van der Waals surface area (Å²) in [5.41, 5.74) is 7.23. The SMILES string of the molecule is NC1(COCc2ccccc2Cl)CCCCC1. The molecule has 1 fully saturated rings. The number of hydrogen-bond donors (Lipinski definition) is 1. The summed E-state index contributed by atoms with van der Waals surface area (Å²) in [5, 5.41) is 0.766. The standard InChI is InChI=1S/C14H20ClNO/c15-13-7-3-2-6-12(13)10-17-11-14(16)8-4-1-5-9-14/h2-3,6-7H,1,4-5,8-11,16H2. The van der Waals surface area contributed by atoms with Crippen molar-refractivity contribution in [1.29, 1.82) is 0 Å². The smallest absolute Gasteiger partial charge is 0.0732 e. The molecule has 2 nitrogen and oxygen atoms in total. The van der Waals surface area contributed by atoms with E-state index < -0.39 is 0 Å². The lowest BCUT2D eigenvalue weighted by molar-refractivity contribution is 0.0575. The van der Waals surface area contributed by atoms with Crippen molar-refractivity contribution in [2.24, 2.45) is 5.73 Å².